The van der Waals surface area contributed by atoms with Crippen LogP contribution in [0.2, 0.25) is 0 Å². The third-order valence-electron chi connectivity index (χ3n) is 1.91. The molecule has 1 rings (SSSR count). The smallest absolute Gasteiger partial charge is 0.145 e. The summed E-state index contributed by atoms with van der Waals surface area (Å²) < 4.78 is 1.65. The quantitative estimate of drug-likeness (QED) is 0.383. The van der Waals surface area contributed by atoms with Gasteiger partial charge in [-0.2, -0.15) is 10.2 Å². The fourth-order valence-corrected chi connectivity index (χ4v) is 1.05. The summed E-state index contributed by atoms with van der Waals surface area (Å²) in [6, 6.07) is 0. The van der Waals surface area contributed by atoms with Gasteiger partial charge in [0, 0.05) is 31.4 Å². The predicted octanol–water partition coefficient (Wildman–Crippen LogP) is -0.782. The molecule has 0 aliphatic heterocycles. The number of nitrogens with zero attached hydrogens (tertiary/aromatic N) is 3. The van der Waals surface area contributed by atoms with Gasteiger partial charge in [-0.3, -0.25) is 10.1 Å². The summed E-state index contributed by atoms with van der Waals surface area (Å²) in [6.45, 7) is 5.54. The van der Waals surface area contributed by atoms with Crippen molar-refractivity contribution in [2.45, 2.75) is 6.92 Å². The molecule has 0 amide bonds. The van der Waals surface area contributed by atoms with Gasteiger partial charge in [-0.1, -0.05) is 6.58 Å². The van der Waals surface area contributed by atoms with Crippen LogP contribution in [-0.4, -0.2) is 30.4 Å². The lowest BCUT2D eigenvalue weighted by molar-refractivity contribution is 0.775. The van der Waals surface area contributed by atoms with Gasteiger partial charge >= 0.3 is 0 Å². The second-order valence-electron chi connectivity index (χ2n) is 3.14. The Hall–Kier alpha value is -1.72. The van der Waals surface area contributed by atoms with E-state index in [1.807, 2.05) is 20.2 Å². The fourth-order valence-electron chi connectivity index (χ4n) is 1.05. The lowest BCUT2D eigenvalue weighted by Gasteiger charge is -2.04. The molecule has 0 saturated carbocycles. The van der Waals surface area contributed by atoms with Crippen molar-refractivity contribution in [1.82, 2.24) is 20.5 Å². The molecule has 5 nitrogen and oxygen atoms in total. The first-order valence-electron chi connectivity index (χ1n) is 4.51. The van der Waals surface area contributed by atoms with Crippen LogP contribution in [0.25, 0.3) is 0 Å². The highest BCUT2D eigenvalue weighted by atomic mass is 15.3. The van der Waals surface area contributed by atoms with Crippen LogP contribution in [0.3, 0.4) is 0 Å². The monoisotopic (exact) mass is 203 g/mol. The maximum atomic E-state index is 5.70. The van der Waals surface area contributed by atoms with Gasteiger partial charge in [0.25, 0.3) is 0 Å². The van der Waals surface area contributed by atoms with Gasteiger partial charge in [-0.05, 0) is 6.92 Å². The molecule has 1 heterocycles. The minimum absolute atomic E-state index is 0.468. The van der Waals surface area contributed by atoms with Gasteiger partial charge in [-0.25, -0.2) is 0 Å². The summed E-state index contributed by atoms with van der Waals surface area (Å²) in [5.74, 6) is 0.622. The maximum Gasteiger partial charge on any atom is 0.145 e. The Morgan fingerprint density at radius 3 is 2.80 bits per heavy atom. The van der Waals surface area contributed by atoms with Crippen LogP contribution < -0.4 is 16.3 Å². The van der Waals surface area contributed by atoms with Crippen molar-refractivity contribution < 1.29 is 0 Å². The Kier molecular flexibility index (Phi) is 3.54. The molecule has 0 saturated heterocycles. The second-order valence-corrected chi connectivity index (χ2v) is 3.14. The Balaban J connectivity index is 2.80. The van der Waals surface area contributed by atoms with Crippen LogP contribution in [0.15, 0.2) is 23.7 Å². The molecule has 0 aromatic carbocycles. The Morgan fingerprint density at radius 2 is 2.33 bits per heavy atom. The van der Waals surface area contributed by atoms with Gasteiger partial charge in [0.05, 0.1) is 5.71 Å². The average molecular weight is 203 g/mol. The number of hydrogen-bond donors (Lipinski definition) is 2. The molecule has 2 N–H and O–H groups in total. The number of aryl methyl sites for hydroxylation is 1. The van der Waals surface area contributed by atoms with Crippen LogP contribution in [0.4, 0.5) is 0 Å². The Labute approximate surface area is 90.7 Å². The van der Waals surface area contributed by atoms with E-state index in [-0.39, 0.29) is 0 Å². The van der Waals surface area contributed by atoms with Gasteiger partial charge in [0.15, 0.2) is 0 Å². The minimum Gasteiger partial charge on any atom is -0.374 e. The van der Waals surface area contributed by atoms with Gasteiger partial charge in [0.2, 0.25) is 0 Å². The first-order chi connectivity index (χ1) is 7.04. The number of aromatic nitrogens is 2. The molecule has 0 atom stereocenters. The summed E-state index contributed by atoms with van der Waals surface area (Å²) >= 11 is 0. The fraction of sp³-hybridized carbons (Fsp3) is 0.333. The molecule has 0 spiro atoms. The zero-order valence-electron chi connectivity index (χ0n) is 9.20. The molecule has 0 aliphatic rings. The molecule has 0 unspecified atom stereocenters. The van der Waals surface area contributed by atoms with Crippen molar-refractivity contribution in [1.29, 1.82) is 0 Å². The van der Waals surface area contributed by atoms with E-state index in [0.29, 0.717) is 11.4 Å². The molecule has 15 heavy (non-hydrogen) atoms. The number of nitrogens with one attached hydrogen (secondary N) is 2. The molecule has 1 aromatic rings. The zero-order chi connectivity index (χ0) is 11.4. The molecular weight excluding hydrogens is 189 g/mol. The summed E-state index contributed by atoms with van der Waals surface area (Å²) in [5, 5.41) is 11.0. The van der Waals surface area contributed by atoms with E-state index in [0.717, 1.165) is 11.3 Å². The summed E-state index contributed by atoms with van der Waals surface area (Å²) in [7, 11) is 9.28. The van der Waals surface area contributed by atoms with Crippen LogP contribution in [0.5, 0.6) is 0 Å². The van der Waals surface area contributed by atoms with E-state index in [2.05, 4.69) is 27.5 Å². The third-order valence-corrected chi connectivity index (χ3v) is 1.91. The maximum absolute atomic E-state index is 5.70. The normalized spacial score (nSPS) is 11.3. The first-order valence-corrected chi connectivity index (χ1v) is 4.51. The third kappa shape index (κ3) is 2.87. The van der Waals surface area contributed by atoms with E-state index in [1.165, 1.54) is 0 Å². The standard InChI is InChI=1S/C9H14BN5/c1-6(12-13-7(2)11-3)8-5-15(4)14-9(8)10/h5,11,13H,2H2,1,3-4H3/b12-6+. The highest BCUT2D eigenvalue weighted by molar-refractivity contribution is 6.35. The van der Waals surface area contributed by atoms with Crippen LogP contribution >= 0.6 is 0 Å². The molecule has 6 heteroatoms. The van der Waals surface area contributed by atoms with Crippen LogP contribution in [0, 0.1) is 0 Å². The van der Waals surface area contributed by atoms with Gasteiger partial charge in [0.1, 0.15) is 13.7 Å². The highest BCUT2D eigenvalue weighted by Gasteiger charge is 2.05. The number of rotatable bonds is 4. The largest absolute Gasteiger partial charge is 0.374 e. The van der Waals surface area contributed by atoms with Crippen molar-refractivity contribution in [3.05, 3.63) is 24.2 Å². The van der Waals surface area contributed by atoms with E-state index in [1.54, 1.807) is 11.7 Å². The van der Waals surface area contributed by atoms with Gasteiger partial charge < -0.3 is 5.32 Å². The molecule has 78 valence electrons. The number of hydrogen-bond acceptors (Lipinski definition) is 4. The van der Waals surface area contributed by atoms with Gasteiger partial charge in [-0.15, -0.1) is 0 Å². The van der Waals surface area contributed by atoms with Crippen molar-refractivity contribution >= 4 is 19.2 Å². The Bertz CT molecular complexity index is 393. The lowest BCUT2D eigenvalue weighted by Crippen LogP contribution is -2.20. The van der Waals surface area contributed by atoms with Crippen LogP contribution in [0.1, 0.15) is 12.5 Å². The summed E-state index contributed by atoms with van der Waals surface area (Å²) in [6.07, 6.45) is 1.82. The van der Waals surface area contributed by atoms with E-state index in [9.17, 15) is 0 Å². The van der Waals surface area contributed by atoms with E-state index < -0.39 is 0 Å². The average Bonchev–Trinajstić information content (AvgIpc) is 2.53. The van der Waals surface area contributed by atoms with Crippen molar-refractivity contribution in [2.75, 3.05) is 7.05 Å². The lowest BCUT2D eigenvalue weighted by atomic mass is 9.98. The number of hydrazone groups is 1. The Morgan fingerprint density at radius 1 is 1.67 bits per heavy atom. The molecule has 0 aliphatic carbocycles. The topological polar surface area (TPSA) is 54.2 Å². The summed E-state index contributed by atoms with van der Waals surface area (Å²) in [5.41, 5.74) is 4.80. The van der Waals surface area contributed by atoms with Crippen molar-refractivity contribution in [2.24, 2.45) is 12.1 Å². The molecule has 0 fully saturated rings. The molecule has 1 aromatic heterocycles. The predicted molar refractivity (Wildman–Crippen MR) is 62.1 cm³/mol. The second kappa shape index (κ2) is 4.68. The molecule has 2 radical (unpaired) electrons. The molecular formula is C9H14BN5. The summed E-state index contributed by atoms with van der Waals surface area (Å²) in [4.78, 5) is 0. The zero-order valence-corrected chi connectivity index (χ0v) is 9.20. The van der Waals surface area contributed by atoms with Crippen molar-refractivity contribution in [3.8, 4) is 0 Å². The minimum atomic E-state index is 0.468. The van der Waals surface area contributed by atoms with E-state index >= 15 is 0 Å². The highest BCUT2D eigenvalue weighted by Crippen LogP contribution is 1.95. The van der Waals surface area contributed by atoms with Crippen molar-refractivity contribution in [3.63, 3.8) is 0 Å². The van der Waals surface area contributed by atoms with E-state index in [4.69, 9.17) is 7.85 Å². The first kappa shape index (κ1) is 11.4. The molecule has 0 bridgehead atoms. The SMILES string of the molecule is [B]c1nn(C)cc1/C(C)=N/NC(=C)NC. The van der Waals surface area contributed by atoms with Crippen LogP contribution in [-0.2, 0) is 7.05 Å².